The first kappa shape index (κ1) is 20.2. The number of rotatable bonds is 6. The van der Waals surface area contributed by atoms with Gasteiger partial charge >= 0.3 is 0 Å². The zero-order valence-corrected chi connectivity index (χ0v) is 17.2. The highest BCUT2D eigenvalue weighted by atomic mass is 16.5. The molecule has 1 saturated carbocycles. The van der Waals surface area contributed by atoms with Gasteiger partial charge in [0, 0.05) is 19.2 Å². The van der Waals surface area contributed by atoms with Gasteiger partial charge < -0.3 is 14.4 Å². The monoisotopic (exact) mass is 339 g/mol. The van der Waals surface area contributed by atoms with Crippen molar-refractivity contribution in [2.24, 2.45) is 11.8 Å². The van der Waals surface area contributed by atoms with Gasteiger partial charge in [0.1, 0.15) is 0 Å². The molecule has 0 amide bonds. The fourth-order valence-corrected chi connectivity index (χ4v) is 4.13. The number of hydrogen-bond donors (Lipinski definition) is 0. The standard InChI is InChI=1S/C21H41NO2/c1-16-12-17(9-11-23-20(2,3)4)8-10-22(16)15-18-13-19(14-18)24-21(5,6)7/h16-19H,8-15H2,1-7H3/t16-,17+,18?,19?/m0/s1. The third kappa shape index (κ3) is 7.01. The van der Waals surface area contributed by atoms with E-state index >= 15 is 0 Å². The predicted molar refractivity (Wildman–Crippen MR) is 101 cm³/mol. The first-order valence-corrected chi connectivity index (χ1v) is 10.1. The summed E-state index contributed by atoms with van der Waals surface area (Å²) in [5.41, 5.74) is 0.0125. The molecule has 24 heavy (non-hydrogen) atoms. The third-order valence-electron chi connectivity index (χ3n) is 5.39. The van der Waals surface area contributed by atoms with Crippen molar-refractivity contribution < 1.29 is 9.47 Å². The molecule has 1 aliphatic carbocycles. The fraction of sp³-hybridized carbons (Fsp3) is 1.00. The molecule has 1 saturated heterocycles. The van der Waals surface area contributed by atoms with Gasteiger partial charge in [-0.1, -0.05) is 0 Å². The summed E-state index contributed by atoms with van der Waals surface area (Å²) < 4.78 is 12.0. The van der Waals surface area contributed by atoms with Gasteiger partial charge in [0.15, 0.2) is 0 Å². The summed E-state index contributed by atoms with van der Waals surface area (Å²) in [4.78, 5) is 2.72. The van der Waals surface area contributed by atoms with Gasteiger partial charge in [0.05, 0.1) is 17.3 Å². The van der Waals surface area contributed by atoms with Crippen LogP contribution in [0.25, 0.3) is 0 Å². The van der Waals surface area contributed by atoms with Crippen molar-refractivity contribution >= 4 is 0 Å². The van der Waals surface area contributed by atoms with Crippen molar-refractivity contribution in [3.05, 3.63) is 0 Å². The topological polar surface area (TPSA) is 21.7 Å². The second-order valence-corrected chi connectivity index (χ2v) is 10.2. The molecule has 0 aromatic rings. The molecule has 0 unspecified atom stereocenters. The maximum absolute atomic E-state index is 6.08. The lowest BCUT2D eigenvalue weighted by molar-refractivity contribution is -0.117. The summed E-state index contributed by atoms with van der Waals surface area (Å²) in [6.45, 7) is 18.8. The van der Waals surface area contributed by atoms with Gasteiger partial charge in [-0.25, -0.2) is 0 Å². The quantitative estimate of drug-likeness (QED) is 0.688. The van der Waals surface area contributed by atoms with Crippen molar-refractivity contribution in [1.29, 1.82) is 0 Å². The van der Waals surface area contributed by atoms with E-state index in [2.05, 4.69) is 53.4 Å². The molecule has 0 aromatic carbocycles. The van der Waals surface area contributed by atoms with Crippen LogP contribution in [0.5, 0.6) is 0 Å². The molecule has 3 heteroatoms. The molecule has 2 atom stereocenters. The lowest BCUT2D eigenvalue weighted by Crippen LogP contribution is -2.48. The predicted octanol–water partition coefficient (Wildman–Crippen LogP) is 4.89. The lowest BCUT2D eigenvalue weighted by Gasteiger charge is -2.45. The van der Waals surface area contributed by atoms with Gasteiger partial charge in [0.2, 0.25) is 0 Å². The molecular weight excluding hydrogens is 298 g/mol. The van der Waals surface area contributed by atoms with Gasteiger partial charge in [-0.05, 0) is 99.0 Å². The summed E-state index contributed by atoms with van der Waals surface area (Å²) in [5.74, 6) is 1.69. The minimum Gasteiger partial charge on any atom is -0.376 e. The third-order valence-corrected chi connectivity index (χ3v) is 5.39. The molecule has 2 rings (SSSR count). The summed E-state index contributed by atoms with van der Waals surface area (Å²) in [6.07, 6.45) is 6.90. The van der Waals surface area contributed by atoms with Gasteiger partial charge in [-0.15, -0.1) is 0 Å². The summed E-state index contributed by atoms with van der Waals surface area (Å²) >= 11 is 0. The molecule has 1 heterocycles. The zero-order chi connectivity index (χ0) is 18.0. The van der Waals surface area contributed by atoms with E-state index in [9.17, 15) is 0 Å². The Morgan fingerprint density at radius 1 is 0.917 bits per heavy atom. The van der Waals surface area contributed by atoms with Crippen molar-refractivity contribution in [3.63, 3.8) is 0 Å². The van der Waals surface area contributed by atoms with Crippen LogP contribution in [-0.4, -0.2) is 47.9 Å². The zero-order valence-electron chi connectivity index (χ0n) is 17.2. The van der Waals surface area contributed by atoms with Gasteiger partial charge in [-0.2, -0.15) is 0 Å². The Kier molecular flexibility index (Phi) is 6.78. The second kappa shape index (κ2) is 8.05. The van der Waals surface area contributed by atoms with Crippen LogP contribution in [-0.2, 0) is 9.47 Å². The van der Waals surface area contributed by atoms with E-state index < -0.39 is 0 Å². The average Bonchev–Trinajstić information content (AvgIpc) is 2.36. The maximum Gasteiger partial charge on any atom is 0.0602 e. The number of likely N-dealkylation sites (tertiary alicyclic amines) is 1. The summed E-state index contributed by atoms with van der Waals surface area (Å²) in [6, 6.07) is 0.723. The van der Waals surface area contributed by atoms with Crippen LogP contribution < -0.4 is 0 Å². The Morgan fingerprint density at radius 3 is 2.12 bits per heavy atom. The summed E-state index contributed by atoms with van der Waals surface area (Å²) in [7, 11) is 0. The number of hydrogen-bond acceptors (Lipinski definition) is 3. The van der Waals surface area contributed by atoms with Crippen LogP contribution in [0.3, 0.4) is 0 Å². The lowest BCUT2D eigenvalue weighted by atomic mass is 9.80. The Bertz CT molecular complexity index is 376. The van der Waals surface area contributed by atoms with E-state index in [4.69, 9.17) is 9.47 Å². The van der Waals surface area contributed by atoms with Gasteiger partial charge in [0.25, 0.3) is 0 Å². The molecule has 0 radical (unpaired) electrons. The highest BCUT2D eigenvalue weighted by molar-refractivity contribution is 4.87. The second-order valence-electron chi connectivity index (χ2n) is 10.2. The van der Waals surface area contributed by atoms with E-state index in [0.717, 1.165) is 24.5 Å². The van der Waals surface area contributed by atoms with Crippen molar-refractivity contribution in [3.8, 4) is 0 Å². The Hall–Kier alpha value is -0.120. The van der Waals surface area contributed by atoms with Crippen LogP contribution in [0, 0.1) is 11.8 Å². The molecule has 1 aliphatic heterocycles. The largest absolute Gasteiger partial charge is 0.376 e. The Labute approximate surface area is 150 Å². The SMILES string of the molecule is C[C@H]1C[C@@H](CCOC(C)(C)C)CCN1CC1CC(OC(C)(C)C)C1. The molecule has 0 N–H and O–H groups in total. The van der Waals surface area contributed by atoms with Crippen molar-refractivity contribution in [2.45, 2.75) is 104 Å². The molecule has 0 bridgehead atoms. The molecule has 2 fully saturated rings. The average molecular weight is 340 g/mol. The van der Waals surface area contributed by atoms with Crippen LogP contribution in [0.15, 0.2) is 0 Å². The van der Waals surface area contributed by atoms with E-state index in [1.165, 1.54) is 45.2 Å². The highest BCUT2D eigenvalue weighted by Crippen LogP contribution is 2.35. The van der Waals surface area contributed by atoms with Crippen molar-refractivity contribution in [1.82, 2.24) is 4.90 Å². The molecule has 3 nitrogen and oxygen atoms in total. The van der Waals surface area contributed by atoms with E-state index in [0.29, 0.717) is 6.10 Å². The smallest absolute Gasteiger partial charge is 0.0602 e. The fourth-order valence-electron chi connectivity index (χ4n) is 4.13. The van der Waals surface area contributed by atoms with E-state index in [1.54, 1.807) is 0 Å². The first-order chi connectivity index (χ1) is 11.0. The molecule has 142 valence electrons. The van der Waals surface area contributed by atoms with Crippen LogP contribution >= 0.6 is 0 Å². The van der Waals surface area contributed by atoms with Crippen LogP contribution in [0.1, 0.15) is 80.6 Å². The highest BCUT2D eigenvalue weighted by Gasteiger charge is 2.35. The molecule has 2 aliphatic rings. The Morgan fingerprint density at radius 2 is 1.58 bits per heavy atom. The first-order valence-electron chi connectivity index (χ1n) is 10.1. The van der Waals surface area contributed by atoms with E-state index in [-0.39, 0.29) is 11.2 Å². The van der Waals surface area contributed by atoms with Crippen LogP contribution in [0.2, 0.25) is 0 Å². The number of nitrogens with zero attached hydrogens (tertiary/aromatic N) is 1. The molecule has 0 aromatic heterocycles. The minimum absolute atomic E-state index is 0.00219. The normalized spacial score (nSPS) is 32.6. The number of ether oxygens (including phenoxy) is 2. The maximum atomic E-state index is 6.08. The summed E-state index contributed by atoms with van der Waals surface area (Å²) in [5, 5.41) is 0. The Balaban J connectivity index is 1.62. The number of piperidine rings is 1. The van der Waals surface area contributed by atoms with E-state index in [1.807, 2.05) is 0 Å². The van der Waals surface area contributed by atoms with Gasteiger partial charge in [-0.3, -0.25) is 0 Å². The molecule has 0 spiro atoms. The minimum atomic E-state index is 0.00219. The van der Waals surface area contributed by atoms with Crippen LogP contribution in [0.4, 0.5) is 0 Å². The van der Waals surface area contributed by atoms with Crippen molar-refractivity contribution in [2.75, 3.05) is 19.7 Å². The molecular formula is C21H41NO2.